The van der Waals surface area contributed by atoms with E-state index >= 15 is 0 Å². The molecule has 0 bridgehead atoms. The lowest BCUT2D eigenvalue weighted by molar-refractivity contribution is -0.250. The Labute approximate surface area is 245 Å². The molecule has 0 unspecified atom stereocenters. The molecule has 0 aromatic heterocycles. The zero-order valence-corrected chi connectivity index (χ0v) is 24.5. The van der Waals surface area contributed by atoms with Crippen LogP contribution in [0.4, 0.5) is 0 Å². The highest BCUT2D eigenvalue weighted by Crippen LogP contribution is 2.62. The minimum atomic E-state index is -1.66. The maximum Gasteiger partial charge on any atom is 0.303 e. The number of allylic oxidation sites excluding steroid dienone is 3. The van der Waals surface area contributed by atoms with Gasteiger partial charge < -0.3 is 9.84 Å². The van der Waals surface area contributed by atoms with Crippen LogP contribution in [0.3, 0.4) is 0 Å². The third-order valence-electron chi connectivity index (χ3n) is 9.56. The summed E-state index contributed by atoms with van der Waals surface area (Å²) in [5.41, 5.74) is 3.33. The van der Waals surface area contributed by atoms with Crippen LogP contribution >= 0.6 is 11.6 Å². The zero-order valence-electron chi connectivity index (χ0n) is 23.7. The summed E-state index contributed by atoms with van der Waals surface area (Å²) in [5.74, 6) is -1.46. The number of esters is 1. The summed E-state index contributed by atoms with van der Waals surface area (Å²) < 4.78 is 5.25. The quantitative estimate of drug-likeness (QED) is 0.362. The van der Waals surface area contributed by atoms with Crippen LogP contribution in [0.25, 0.3) is 0 Å². The molecule has 5 atom stereocenters. The van der Waals surface area contributed by atoms with Crippen LogP contribution in [0.1, 0.15) is 58.4 Å². The van der Waals surface area contributed by atoms with E-state index in [9.17, 15) is 19.5 Å². The number of fused-ring (bicyclic) bond motifs is 5. The molecule has 1 heterocycles. The van der Waals surface area contributed by atoms with E-state index in [1.54, 1.807) is 12.2 Å². The number of hydroxylamine groups is 2. The summed E-state index contributed by atoms with van der Waals surface area (Å²) in [6.45, 7) is 4.95. The molecule has 1 aromatic carbocycles. The van der Waals surface area contributed by atoms with Crippen molar-refractivity contribution in [3.8, 4) is 0 Å². The fourth-order valence-electron chi connectivity index (χ4n) is 7.50. The van der Waals surface area contributed by atoms with Gasteiger partial charge in [0.2, 0.25) is 5.78 Å². The Kier molecular flexibility index (Phi) is 7.12. The highest BCUT2D eigenvalue weighted by atomic mass is 35.5. The molecule has 1 aromatic rings. The second kappa shape index (κ2) is 10.4. The van der Waals surface area contributed by atoms with Gasteiger partial charge in [0.1, 0.15) is 0 Å². The van der Waals surface area contributed by atoms with Crippen molar-refractivity contribution < 1.29 is 29.1 Å². The maximum atomic E-state index is 14.4. The SMILES string of the molecule is CC(=O)OCC(=O)[C@]12ON(CCCc3ccccc3)C3=C(CC4=C3[C@@H](Cl)CC4)C1=CC(=O)C1=C[C@@H](C)[C@@H](O)C[C@@]12C. The summed E-state index contributed by atoms with van der Waals surface area (Å²) in [4.78, 5) is 46.9. The van der Waals surface area contributed by atoms with Crippen LogP contribution in [0.15, 0.2) is 76.0 Å². The molecule has 0 saturated carbocycles. The maximum absolute atomic E-state index is 14.4. The third kappa shape index (κ3) is 4.36. The molecule has 5 aliphatic rings. The number of alkyl halides is 1. The van der Waals surface area contributed by atoms with E-state index in [1.807, 2.05) is 37.1 Å². The van der Waals surface area contributed by atoms with Crippen LogP contribution in [0.5, 0.6) is 0 Å². The van der Waals surface area contributed by atoms with Crippen molar-refractivity contribution in [1.82, 2.24) is 5.06 Å². The summed E-state index contributed by atoms with van der Waals surface area (Å²) in [6.07, 6.45) is 6.54. The van der Waals surface area contributed by atoms with E-state index in [-0.39, 0.29) is 23.5 Å². The van der Waals surface area contributed by atoms with E-state index in [0.717, 1.165) is 42.5 Å². The molecule has 0 spiro atoms. The number of carbonyl (C=O) groups is 3. The van der Waals surface area contributed by atoms with Gasteiger partial charge >= 0.3 is 5.97 Å². The van der Waals surface area contributed by atoms with Gasteiger partial charge in [0.05, 0.1) is 17.2 Å². The molecule has 41 heavy (non-hydrogen) atoms. The van der Waals surface area contributed by atoms with Crippen molar-refractivity contribution in [3.05, 3.63) is 81.6 Å². The minimum Gasteiger partial charge on any atom is -0.458 e. The van der Waals surface area contributed by atoms with Gasteiger partial charge in [0.15, 0.2) is 18.0 Å². The number of carbonyl (C=O) groups excluding carboxylic acids is 3. The number of rotatable bonds is 7. The molecule has 7 nitrogen and oxygen atoms in total. The minimum absolute atomic E-state index is 0.153. The van der Waals surface area contributed by atoms with Gasteiger partial charge in [0.25, 0.3) is 0 Å². The lowest BCUT2D eigenvalue weighted by Gasteiger charge is -2.57. The molecule has 0 saturated heterocycles. The van der Waals surface area contributed by atoms with Gasteiger partial charge in [-0.1, -0.05) is 55.8 Å². The van der Waals surface area contributed by atoms with E-state index in [2.05, 4.69) is 12.1 Å². The van der Waals surface area contributed by atoms with E-state index in [4.69, 9.17) is 21.2 Å². The van der Waals surface area contributed by atoms with Crippen LogP contribution in [0, 0.1) is 11.3 Å². The average Bonchev–Trinajstić information content (AvgIpc) is 3.50. The highest BCUT2D eigenvalue weighted by molar-refractivity contribution is 6.23. The Hall–Kier alpha value is -3.00. The van der Waals surface area contributed by atoms with Crippen LogP contribution in [0.2, 0.25) is 0 Å². The number of nitrogens with zero attached hydrogens (tertiary/aromatic N) is 1. The molecule has 0 radical (unpaired) electrons. The van der Waals surface area contributed by atoms with E-state index < -0.39 is 35.5 Å². The smallest absolute Gasteiger partial charge is 0.303 e. The average molecular weight is 578 g/mol. The number of ether oxygens (including phenoxy) is 1. The van der Waals surface area contributed by atoms with Gasteiger partial charge in [0, 0.05) is 35.9 Å². The largest absolute Gasteiger partial charge is 0.458 e. The number of halogens is 1. The monoisotopic (exact) mass is 577 g/mol. The number of ketones is 2. The van der Waals surface area contributed by atoms with Gasteiger partial charge in [-0.15, -0.1) is 11.6 Å². The highest BCUT2D eigenvalue weighted by Gasteiger charge is 2.67. The topological polar surface area (TPSA) is 93.1 Å². The second-order valence-electron chi connectivity index (χ2n) is 12.2. The number of benzene rings is 1. The van der Waals surface area contributed by atoms with Gasteiger partial charge in [-0.25, -0.2) is 0 Å². The Bertz CT molecular complexity index is 1440. The van der Waals surface area contributed by atoms with Crippen molar-refractivity contribution in [3.63, 3.8) is 0 Å². The Morgan fingerprint density at radius 3 is 2.71 bits per heavy atom. The first-order valence-electron chi connectivity index (χ1n) is 14.5. The molecule has 6 rings (SSSR count). The zero-order chi connectivity index (χ0) is 29.1. The lowest BCUT2D eigenvalue weighted by Crippen LogP contribution is -2.66. The summed E-state index contributed by atoms with van der Waals surface area (Å²) in [5, 5.41) is 12.7. The van der Waals surface area contributed by atoms with Crippen molar-refractivity contribution in [2.24, 2.45) is 11.3 Å². The van der Waals surface area contributed by atoms with Gasteiger partial charge in [-0.3, -0.25) is 24.3 Å². The number of Topliss-reactive ketones (excluding diaryl/α,β-unsaturated/α-hetero) is 1. The molecule has 0 amide bonds. The van der Waals surface area contributed by atoms with Gasteiger partial charge in [-0.05, 0) is 61.3 Å². The number of aryl methyl sites for hydroxylation is 1. The third-order valence-corrected chi connectivity index (χ3v) is 10.00. The lowest BCUT2D eigenvalue weighted by atomic mass is 9.52. The predicted molar refractivity (Wildman–Crippen MR) is 154 cm³/mol. The molecule has 1 N–H and O–H groups in total. The summed E-state index contributed by atoms with van der Waals surface area (Å²) >= 11 is 6.86. The number of aliphatic hydroxyl groups excluding tert-OH is 1. The standard InChI is InChI=1S/C33H36ClNO6/c1-19-14-25-27(37)16-24-23-15-22-11-12-26(34)30(22)31(23)35(13-7-10-21-8-5-4-6-9-21)41-33(24,29(39)18-40-20(2)36)32(25,3)17-28(19)38/h4-6,8-9,14,16,19,26,28,38H,7,10-13,15,17-18H2,1-3H3/t19-,26+,28+,32+,33-/m1/s1. The Balaban J connectivity index is 1.50. The molecule has 4 aliphatic carbocycles. The normalized spacial score (nSPS) is 32.2. The van der Waals surface area contributed by atoms with Crippen LogP contribution < -0.4 is 0 Å². The summed E-state index contributed by atoms with van der Waals surface area (Å²) in [6, 6.07) is 10.2. The molecular weight excluding hydrogens is 542 g/mol. The van der Waals surface area contributed by atoms with E-state index in [0.29, 0.717) is 24.1 Å². The van der Waals surface area contributed by atoms with Crippen molar-refractivity contribution >= 4 is 29.1 Å². The fraction of sp³-hybridized carbons (Fsp3) is 0.485. The molecule has 216 valence electrons. The first kappa shape index (κ1) is 28.1. The Morgan fingerprint density at radius 2 is 1.98 bits per heavy atom. The molecule has 0 fully saturated rings. The number of aliphatic hydroxyl groups is 1. The Morgan fingerprint density at radius 1 is 1.22 bits per heavy atom. The second-order valence-corrected chi connectivity index (χ2v) is 12.7. The molecule has 1 aliphatic heterocycles. The van der Waals surface area contributed by atoms with E-state index in [1.165, 1.54) is 18.1 Å². The van der Waals surface area contributed by atoms with Crippen LogP contribution in [-0.2, 0) is 30.4 Å². The predicted octanol–water partition coefficient (Wildman–Crippen LogP) is 4.94. The van der Waals surface area contributed by atoms with Crippen molar-refractivity contribution in [1.29, 1.82) is 0 Å². The fourth-order valence-corrected chi connectivity index (χ4v) is 7.87. The van der Waals surface area contributed by atoms with Crippen molar-refractivity contribution in [2.75, 3.05) is 13.2 Å². The summed E-state index contributed by atoms with van der Waals surface area (Å²) in [7, 11) is 0. The molecular formula is C33H36ClNO6. The van der Waals surface area contributed by atoms with Gasteiger partial charge in [-0.2, -0.15) is 0 Å². The first-order chi connectivity index (χ1) is 19.6. The van der Waals surface area contributed by atoms with Crippen LogP contribution in [-0.4, -0.2) is 57.9 Å². The first-order valence-corrected chi connectivity index (χ1v) is 14.9. The van der Waals surface area contributed by atoms with Crippen molar-refractivity contribution in [2.45, 2.75) is 76.4 Å². The number of hydrogen-bond donors (Lipinski definition) is 1. The number of hydrogen-bond acceptors (Lipinski definition) is 7. The molecule has 8 heteroatoms.